The van der Waals surface area contributed by atoms with E-state index in [-0.39, 0.29) is 45.9 Å². The first kappa shape index (κ1) is 27.7. The fourth-order valence-corrected chi connectivity index (χ4v) is 2.66. The third kappa shape index (κ3) is 4.18. The minimum atomic E-state index is -2.59. The number of para-hydroxylation sites is 1. The molecule has 0 N–H and O–H groups in total. The van der Waals surface area contributed by atoms with Crippen LogP contribution in [0.3, 0.4) is 0 Å². The van der Waals surface area contributed by atoms with Gasteiger partial charge >= 0.3 is 23.1 Å². The first-order valence-electron chi connectivity index (χ1n) is 7.74. The van der Waals surface area contributed by atoms with Crippen molar-refractivity contribution < 1.29 is 56.3 Å². The topological polar surface area (TPSA) is 3.24 Å². The Bertz CT molecular complexity index is 1060. The van der Waals surface area contributed by atoms with Gasteiger partial charge < -0.3 is 17.3 Å². The summed E-state index contributed by atoms with van der Waals surface area (Å²) in [6, 6.07) is 4.34. The molecule has 0 saturated heterocycles. The molecule has 0 saturated carbocycles. The largest absolute Gasteiger partial charge is 2.00 e. The van der Waals surface area contributed by atoms with Gasteiger partial charge in [0, 0.05) is 0 Å². The quantitative estimate of drug-likeness (QED) is 0.176. The predicted octanol–water partition coefficient (Wildman–Crippen LogP) is 3.35. The van der Waals surface area contributed by atoms with Crippen LogP contribution in [0, 0.1) is 65.1 Å². The van der Waals surface area contributed by atoms with Crippen molar-refractivity contribution in [2.45, 2.75) is 0 Å². The van der Waals surface area contributed by atoms with Crippen molar-refractivity contribution in [2.24, 2.45) is 0 Å². The van der Waals surface area contributed by atoms with Gasteiger partial charge in [0.15, 0.2) is 46.5 Å². The minimum absolute atomic E-state index is 0. The summed E-state index contributed by atoms with van der Waals surface area (Å²) in [5, 5.41) is 0. The second-order valence-electron chi connectivity index (χ2n) is 5.80. The number of nitrogens with zero attached hydrogens (tertiary/aromatic N) is 1. The number of hydrogen-bond acceptors (Lipinski definition) is 1. The van der Waals surface area contributed by atoms with E-state index < -0.39 is 75.2 Å². The molecule has 0 unspecified atom stereocenters. The molecule has 0 aliphatic carbocycles. The van der Waals surface area contributed by atoms with Crippen molar-refractivity contribution in [3.63, 3.8) is 0 Å². The van der Waals surface area contributed by atoms with E-state index in [4.69, 9.17) is 0 Å². The average molecular weight is 498 g/mol. The Labute approximate surface area is 196 Å². The summed E-state index contributed by atoms with van der Waals surface area (Å²) >= 11 is 0. The van der Waals surface area contributed by atoms with E-state index in [1.807, 2.05) is 0 Å². The molecular weight excluding hydrogens is 492 g/mol. The van der Waals surface area contributed by atoms with Gasteiger partial charge in [-0.2, -0.15) is 18.6 Å². The molecule has 3 aromatic rings. The summed E-state index contributed by atoms with van der Waals surface area (Å²) in [6.07, 6.45) is 0. The number of benzene rings is 3. The van der Waals surface area contributed by atoms with Gasteiger partial charge in [-0.1, -0.05) is 17.8 Å². The number of hydrogen-bond donors (Lipinski definition) is 0. The van der Waals surface area contributed by atoms with Crippen LogP contribution in [0.1, 0.15) is 5.56 Å². The Morgan fingerprint density at radius 2 is 0.781 bits per heavy atom. The van der Waals surface area contributed by atoms with E-state index in [1.54, 1.807) is 0 Å². The third-order valence-corrected chi connectivity index (χ3v) is 4.05. The van der Waals surface area contributed by atoms with Gasteiger partial charge in [-0.05, 0) is 0 Å². The molecule has 0 bridgehead atoms. The van der Waals surface area contributed by atoms with Crippen molar-refractivity contribution in [3.05, 3.63) is 94.9 Å². The van der Waals surface area contributed by atoms with E-state index in [0.717, 1.165) is 18.2 Å². The smallest absolute Gasteiger partial charge is 1.00 e. The zero-order valence-corrected chi connectivity index (χ0v) is 17.5. The molecular formula is C19H6ClF10MgN. The molecule has 166 valence electrons. The Morgan fingerprint density at radius 1 is 0.500 bits per heavy atom. The van der Waals surface area contributed by atoms with Gasteiger partial charge in [-0.15, -0.1) is 6.07 Å². The average Bonchev–Trinajstić information content (AvgIpc) is 2.73. The molecule has 0 radical (unpaired) electrons. The van der Waals surface area contributed by atoms with Crippen molar-refractivity contribution in [1.82, 2.24) is 0 Å². The maximum absolute atomic E-state index is 14.4. The number of anilines is 3. The normalized spacial score (nSPS) is 10.4. The van der Waals surface area contributed by atoms with Crippen LogP contribution in [0.2, 0.25) is 0 Å². The van der Waals surface area contributed by atoms with Crippen LogP contribution in [-0.2, 0) is 0 Å². The zero-order valence-electron chi connectivity index (χ0n) is 15.3. The molecule has 13 heteroatoms. The maximum atomic E-state index is 14.4. The van der Waals surface area contributed by atoms with Gasteiger partial charge in [0.2, 0.25) is 11.6 Å². The first-order valence-corrected chi connectivity index (χ1v) is 7.74. The van der Waals surface area contributed by atoms with Crippen LogP contribution >= 0.6 is 0 Å². The van der Waals surface area contributed by atoms with Crippen LogP contribution in [0.5, 0.6) is 0 Å². The molecule has 0 aliphatic heterocycles. The Balaban J connectivity index is 0.00000256. The van der Waals surface area contributed by atoms with Crippen molar-refractivity contribution >= 4 is 40.1 Å². The molecule has 3 rings (SSSR count). The third-order valence-electron chi connectivity index (χ3n) is 4.05. The van der Waals surface area contributed by atoms with E-state index in [0.29, 0.717) is 0 Å². The Morgan fingerprint density at radius 3 is 1.09 bits per heavy atom. The second kappa shape index (κ2) is 10.1. The maximum Gasteiger partial charge on any atom is 2.00 e. The molecule has 0 amide bonds. The summed E-state index contributed by atoms with van der Waals surface area (Å²) in [5.74, 6) is -25.5. The molecule has 0 fully saturated rings. The fourth-order valence-electron chi connectivity index (χ4n) is 2.66. The fraction of sp³-hybridized carbons (Fsp3) is 0. The van der Waals surface area contributed by atoms with E-state index in [1.165, 1.54) is 6.07 Å². The summed E-state index contributed by atoms with van der Waals surface area (Å²) in [5.41, 5.74) is -4.95. The van der Waals surface area contributed by atoms with Gasteiger partial charge in [-0.3, -0.25) is 0 Å². The van der Waals surface area contributed by atoms with Crippen LogP contribution in [-0.4, -0.2) is 23.1 Å². The van der Waals surface area contributed by atoms with Crippen molar-refractivity contribution in [3.8, 4) is 0 Å². The number of rotatable bonds is 3. The summed E-state index contributed by atoms with van der Waals surface area (Å²) in [4.78, 5) is -0.311. The summed E-state index contributed by atoms with van der Waals surface area (Å²) in [6.45, 7) is 3.38. The monoisotopic (exact) mass is 497 g/mol. The molecule has 0 atom stereocenters. The van der Waals surface area contributed by atoms with Crippen LogP contribution < -0.4 is 17.3 Å². The zero-order chi connectivity index (χ0) is 22.5. The SMILES string of the molecule is [CH2-]c1ccccc1N(c1c(F)c(F)c(F)c(F)c1F)c1c(F)c(F)c(F)c(F)c1F.[Cl-].[Mg+2]. The van der Waals surface area contributed by atoms with E-state index in [2.05, 4.69) is 6.92 Å². The number of halogens is 11. The van der Waals surface area contributed by atoms with Crippen molar-refractivity contribution in [1.29, 1.82) is 0 Å². The molecule has 0 aliphatic rings. The van der Waals surface area contributed by atoms with E-state index >= 15 is 0 Å². The summed E-state index contributed by atoms with van der Waals surface area (Å²) in [7, 11) is 0. The molecule has 32 heavy (non-hydrogen) atoms. The molecule has 1 nitrogen and oxygen atoms in total. The predicted molar refractivity (Wildman–Crippen MR) is 90.9 cm³/mol. The van der Waals surface area contributed by atoms with Gasteiger partial charge in [0.05, 0.1) is 0 Å². The molecule has 3 aromatic carbocycles. The van der Waals surface area contributed by atoms with E-state index in [9.17, 15) is 43.9 Å². The van der Waals surface area contributed by atoms with Crippen molar-refractivity contribution in [2.75, 3.05) is 4.90 Å². The van der Waals surface area contributed by atoms with Crippen LogP contribution in [0.4, 0.5) is 61.0 Å². The Hall–Kier alpha value is -2.31. The Kier molecular flexibility index (Phi) is 8.74. The summed E-state index contributed by atoms with van der Waals surface area (Å²) < 4.78 is 139. The van der Waals surface area contributed by atoms with Crippen LogP contribution in [0.25, 0.3) is 0 Å². The minimum Gasteiger partial charge on any atom is -1.00 e. The van der Waals surface area contributed by atoms with Gasteiger partial charge in [-0.25, -0.2) is 43.9 Å². The first-order chi connectivity index (χ1) is 14.0. The van der Waals surface area contributed by atoms with Gasteiger partial charge in [0.25, 0.3) is 0 Å². The molecule has 0 heterocycles. The van der Waals surface area contributed by atoms with Crippen LogP contribution in [0.15, 0.2) is 24.3 Å². The second-order valence-corrected chi connectivity index (χ2v) is 5.80. The van der Waals surface area contributed by atoms with Gasteiger partial charge in [0.1, 0.15) is 11.4 Å². The molecule has 0 spiro atoms. The molecule has 0 aromatic heterocycles. The standard InChI is InChI=1S/C19H6F10N.ClH.Mg/c1-6-4-2-3-5-7(6)30(18-14(26)10(22)8(20)11(23)15(18)27)19-16(28)12(24)9(21)13(25)17(19)29;;/h2-5H,1H2;1H;/q-1;;+2/p-1.